The van der Waals surface area contributed by atoms with Crippen molar-refractivity contribution in [3.05, 3.63) is 83.4 Å². The van der Waals surface area contributed by atoms with Gasteiger partial charge in [0.2, 0.25) is 5.91 Å². The summed E-state index contributed by atoms with van der Waals surface area (Å²) in [6.07, 6.45) is -0.282. The number of hydrogen-bond acceptors (Lipinski definition) is 7. The van der Waals surface area contributed by atoms with Gasteiger partial charge in [-0.2, -0.15) is 0 Å². The molecule has 0 radical (unpaired) electrons. The Balaban J connectivity index is 1.35. The molecule has 0 aliphatic rings. The molecule has 3 aromatic carbocycles. The maximum absolute atomic E-state index is 12.2. The molecule has 9 heteroatoms. The summed E-state index contributed by atoms with van der Waals surface area (Å²) in [7, 11) is 0. The minimum atomic E-state index is -0.675. The lowest BCUT2D eigenvalue weighted by atomic mass is 10.1. The highest BCUT2D eigenvalue weighted by atomic mass is 16.5. The first-order chi connectivity index (χ1) is 19.1. The highest BCUT2D eigenvalue weighted by molar-refractivity contribution is 5.95. The van der Waals surface area contributed by atoms with E-state index in [2.05, 4.69) is 10.6 Å². The molecule has 0 atom stereocenters. The summed E-state index contributed by atoms with van der Waals surface area (Å²) in [5.74, 6) is -0.444. The lowest BCUT2D eigenvalue weighted by Crippen LogP contribution is -2.21. The van der Waals surface area contributed by atoms with Gasteiger partial charge < -0.3 is 24.8 Å². The Hall–Kier alpha value is -4.66. The van der Waals surface area contributed by atoms with Crippen LogP contribution in [0.3, 0.4) is 0 Å². The first-order valence-electron chi connectivity index (χ1n) is 13.0. The molecule has 210 valence electrons. The SMILES string of the molecule is Cc1ccc(Oc2ccc(NC(=O)CCC(=O)OCC(=O)Nc3ccc(C(=O)OCC(C)C)cc3)cc2)cc1C. The molecule has 2 amide bonds. The van der Waals surface area contributed by atoms with Gasteiger partial charge in [0, 0.05) is 17.8 Å². The molecule has 0 spiro atoms. The van der Waals surface area contributed by atoms with E-state index in [1.54, 1.807) is 36.4 Å². The van der Waals surface area contributed by atoms with Crippen molar-refractivity contribution in [2.45, 2.75) is 40.5 Å². The summed E-state index contributed by atoms with van der Waals surface area (Å²) >= 11 is 0. The van der Waals surface area contributed by atoms with Crippen molar-refractivity contribution in [2.24, 2.45) is 5.92 Å². The second kappa shape index (κ2) is 14.5. The lowest BCUT2D eigenvalue weighted by Gasteiger charge is -2.10. The van der Waals surface area contributed by atoms with Crippen LogP contribution in [0, 0.1) is 19.8 Å². The van der Waals surface area contributed by atoms with E-state index < -0.39 is 24.5 Å². The number of anilines is 2. The van der Waals surface area contributed by atoms with Crippen molar-refractivity contribution in [1.82, 2.24) is 0 Å². The van der Waals surface area contributed by atoms with Gasteiger partial charge in [-0.25, -0.2) is 4.79 Å². The summed E-state index contributed by atoms with van der Waals surface area (Å²) in [5, 5.41) is 5.29. The maximum Gasteiger partial charge on any atom is 0.338 e. The molecule has 0 saturated heterocycles. The molecule has 0 aliphatic carbocycles. The summed E-state index contributed by atoms with van der Waals surface area (Å²) < 4.78 is 16.0. The third-order valence-electron chi connectivity index (χ3n) is 5.72. The van der Waals surface area contributed by atoms with Crippen molar-refractivity contribution in [3.8, 4) is 11.5 Å². The molecule has 0 fully saturated rings. The lowest BCUT2D eigenvalue weighted by molar-refractivity contribution is -0.147. The third-order valence-corrected chi connectivity index (χ3v) is 5.72. The van der Waals surface area contributed by atoms with Crippen molar-refractivity contribution in [2.75, 3.05) is 23.8 Å². The van der Waals surface area contributed by atoms with E-state index in [4.69, 9.17) is 14.2 Å². The summed E-state index contributed by atoms with van der Waals surface area (Å²) in [6.45, 7) is 7.75. The number of aryl methyl sites for hydroxylation is 2. The van der Waals surface area contributed by atoms with Gasteiger partial charge in [-0.1, -0.05) is 19.9 Å². The molecule has 3 rings (SSSR count). The first-order valence-corrected chi connectivity index (χ1v) is 13.0. The largest absolute Gasteiger partial charge is 0.462 e. The topological polar surface area (TPSA) is 120 Å². The van der Waals surface area contributed by atoms with Crippen LogP contribution in [0.1, 0.15) is 48.2 Å². The fourth-order valence-corrected chi connectivity index (χ4v) is 3.39. The minimum absolute atomic E-state index is 0.101. The molecule has 0 aromatic heterocycles. The molecule has 0 bridgehead atoms. The Bertz CT molecular complexity index is 1330. The van der Waals surface area contributed by atoms with Crippen LogP contribution in [-0.2, 0) is 23.9 Å². The van der Waals surface area contributed by atoms with Crippen LogP contribution in [0.5, 0.6) is 11.5 Å². The third kappa shape index (κ3) is 9.90. The first kappa shape index (κ1) is 29.9. The zero-order chi connectivity index (χ0) is 29.1. The normalized spacial score (nSPS) is 10.5. The van der Waals surface area contributed by atoms with Crippen LogP contribution in [0.4, 0.5) is 11.4 Å². The highest BCUT2D eigenvalue weighted by Gasteiger charge is 2.12. The molecular weight excluding hydrogens is 512 g/mol. The zero-order valence-electron chi connectivity index (χ0n) is 23.1. The Morgan fingerprint density at radius 2 is 1.30 bits per heavy atom. The van der Waals surface area contributed by atoms with Gasteiger partial charge in [-0.3, -0.25) is 14.4 Å². The van der Waals surface area contributed by atoms with Crippen LogP contribution in [-0.4, -0.2) is 37.0 Å². The van der Waals surface area contributed by atoms with Gasteiger partial charge in [-0.15, -0.1) is 0 Å². The standard InChI is InChI=1S/C31H34N2O7/c1-20(2)18-39-31(37)23-6-8-24(9-7-23)33-29(35)19-38-30(36)16-15-28(34)32-25-10-13-26(14-11-25)40-27-12-5-21(3)22(4)17-27/h5-14,17,20H,15-16,18-19H2,1-4H3,(H,32,34)(H,33,35). The van der Waals surface area contributed by atoms with E-state index in [-0.39, 0.29) is 24.7 Å². The molecule has 40 heavy (non-hydrogen) atoms. The average molecular weight is 547 g/mol. The number of rotatable bonds is 12. The number of nitrogens with one attached hydrogen (secondary N) is 2. The zero-order valence-corrected chi connectivity index (χ0v) is 23.1. The van der Waals surface area contributed by atoms with E-state index >= 15 is 0 Å². The van der Waals surface area contributed by atoms with Crippen LogP contribution in [0.25, 0.3) is 0 Å². The van der Waals surface area contributed by atoms with Crippen molar-refractivity contribution < 1.29 is 33.4 Å². The summed E-state index contributed by atoms with van der Waals surface area (Å²) in [4.78, 5) is 48.3. The van der Waals surface area contributed by atoms with Crippen molar-refractivity contribution in [3.63, 3.8) is 0 Å². The Labute approximate surface area is 233 Å². The monoisotopic (exact) mass is 546 g/mol. The van der Waals surface area contributed by atoms with Gasteiger partial charge in [-0.05, 0) is 91.6 Å². The van der Waals surface area contributed by atoms with Crippen LogP contribution < -0.4 is 15.4 Å². The van der Waals surface area contributed by atoms with Gasteiger partial charge in [0.1, 0.15) is 11.5 Å². The summed E-state index contributed by atoms with van der Waals surface area (Å²) in [5.41, 5.74) is 3.68. The minimum Gasteiger partial charge on any atom is -0.462 e. The van der Waals surface area contributed by atoms with E-state index in [0.29, 0.717) is 29.3 Å². The molecule has 2 N–H and O–H groups in total. The fraction of sp³-hybridized carbons (Fsp3) is 0.290. The highest BCUT2D eigenvalue weighted by Crippen LogP contribution is 2.25. The predicted molar refractivity (Wildman–Crippen MR) is 151 cm³/mol. The van der Waals surface area contributed by atoms with E-state index in [1.807, 2.05) is 45.9 Å². The Morgan fingerprint density at radius 3 is 1.93 bits per heavy atom. The van der Waals surface area contributed by atoms with Gasteiger partial charge in [0.25, 0.3) is 5.91 Å². The van der Waals surface area contributed by atoms with Crippen molar-refractivity contribution >= 4 is 35.1 Å². The Kier molecular flexibility index (Phi) is 10.8. The number of carbonyl (C=O) groups is 4. The van der Waals surface area contributed by atoms with E-state index in [0.717, 1.165) is 11.3 Å². The smallest absolute Gasteiger partial charge is 0.338 e. The van der Waals surface area contributed by atoms with Gasteiger partial charge >= 0.3 is 11.9 Å². The predicted octanol–water partition coefficient (Wildman–Crippen LogP) is 5.81. The number of ether oxygens (including phenoxy) is 3. The van der Waals surface area contributed by atoms with E-state index in [9.17, 15) is 19.2 Å². The molecule has 0 aliphatic heterocycles. The quantitative estimate of drug-likeness (QED) is 0.275. The number of amides is 2. The summed E-state index contributed by atoms with van der Waals surface area (Å²) in [6, 6.07) is 18.9. The second-order valence-corrected chi connectivity index (χ2v) is 9.70. The van der Waals surface area contributed by atoms with E-state index in [1.165, 1.54) is 17.7 Å². The molecule has 0 heterocycles. The van der Waals surface area contributed by atoms with Crippen LogP contribution >= 0.6 is 0 Å². The fourth-order valence-electron chi connectivity index (χ4n) is 3.39. The molecule has 9 nitrogen and oxygen atoms in total. The van der Waals surface area contributed by atoms with Gasteiger partial charge in [0.05, 0.1) is 18.6 Å². The molecular formula is C31H34N2O7. The maximum atomic E-state index is 12.2. The van der Waals surface area contributed by atoms with Crippen molar-refractivity contribution in [1.29, 1.82) is 0 Å². The number of benzene rings is 3. The second-order valence-electron chi connectivity index (χ2n) is 9.70. The Morgan fingerprint density at radius 1 is 0.700 bits per heavy atom. The van der Waals surface area contributed by atoms with Crippen LogP contribution in [0.15, 0.2) is 66.7 Å². The molecule has 0 unspecified atom stereocenters. The van der Waals surface area contributed by atoms with Gasteiger partial charge in [0.15, 0.2) is 6.61 Å². The number of carbonyl (C=O) groups excluding carboxylic acids is 4. The number of hydrogen-bond donors (Lipinski definition) is 2. The van der Waals surface area contributed by atoms with Crippen LogP contribution in [0.2, 0.25) is 0 Å². The molecule has 3 aromatic rings. The molecule has 0 saturated carbocycles. The average Bonchev–Trinajstić information content (AvgIpc) is 2.93. The number of esters is 2.